The van der Waals surface area contributed by atoms with Crippen molar-refractivity contribution in [2.45, 2.75) is 6.54 Å². The maximum atomic E-state index is 5.40. The highest BCUT2D eigenvalue weighted by molar-refractivity contribution is 5.75. The summed E-state index contributed by atoms with van der Waals surface area (Å²) in [6.45, 7) is 0.604. The molecule has 2 aromatic heterocycles. The van der Waals surface area contributed by atoms with E-state index in [2.05, 4.69) is 26.6 Å². The molecule has 0 saturated carbocycles. The van der Waals surface area contributed by atoms with Gasteiger partial charge in [-0.1, -0.05) is 6.07 Å². The van der Waals surface area contributed by atoms with Crippen LogP contribution in [0.2, 0.25) is 0 Å². The Hall–Kier alpha value is -3.94. The van der Waals surface area contributed by atoms with E-state index < -0.39 is 0 Å². The Morgan fingerprint density at radius 3 is 2.79 bits per heavy atom. The first-order chi connectivity index (χ1) is 14.2. The second-order valence-corrected chi connectivity index (χ2v) is 6.57. The minimum Gasteiger partial charge on any atom is -0.493 e. The van der Waals surface area contributed by atoms with Crippen LogP contribution in [-0.4, -0.2) is 28.6 Å². The minimum atomic E-state index is 0.604. The number of azo groups is 1. The Morgan fingerprint density at radius 2 is 1.93 bits per heavy atom. The number of aromatic nitrogens is 3. The van der Waals surface area contributed by atoms with Crippen molar-refractivity contribution < 1.29 is 9.47 Å². The highest BCUT2D eigenvalue weighted by Crippen LogP contribution is 2.34. The van der Waals surface area contributed by atoms with Gasteiger partial charge in [0.1, 0.15) is 0 Å². The molecule has 8 heteroatoms. The molecule has 0 saturated heterocycles. The number of hydrogen-bond acceptors (Lipinski definition) is 7. The van der Waals surface area contributed by atoms with Crippen LogP contribution in [0.15, 0.2) is 65.2 Å². The normalized spacial score (nSPS) is 12.2. The van der Waals surface area contributed by atoms with Crippen molar-refractivity contribution in [3.8, 4) is 22.8 Å². The van der Waals surface area contributed by atoms with E-state index in [-0.39, 0.29) is 0 Å². The number of methoxy groups -OCH3 is 2. The van der Waals surface area contributed by atoms with Crippen LogP contribution in [-0.2, 0) is 6.54 Å². The van der Waals surface area contributed by atoms with Gasteiger partial charge in [0.15, 0.2) is 23.0 Å². The smallest absolute Gasteiger partial charge is 0.180 e. The Balaban J connectivity index is 1.56. The fourth-order valence-electron chi connectivity index (χ4n) is 3.36. The maximum absolute atomic E-state index is 5.40. The Labute approximate surface area is 166 Å². The molecule has 0 unspecified atom stereocenters. The quantitative estimate of drug-likeness (QED) is 0.535. The van der Waals surface area contributed by atoms with Crippen molar-refractivity contribution in [3.63, 3.8) is 0 Å². The van der Waals surface area contributed by atoms with Gasteiger partial charge in [-0.05, 0) is 24.3 Å². The molecule has 0 spiro atoms. The minimum absolute atomic E-state index is 0.604. The van der Waals surface area contributed by atoms with Crippen LogP contribution in [0.1, 0.15) is 5.56 Å². The number of anilines is 2. The fourth-order valence-corrected chi connectivity index (χ4v) is 3.36. The van der Waals surface area contributed by atoms with Gasteiger partial charge in [0.2, 0.25) is 0 Å². The van der Waals surface area contributed by atoms with Crippen LogP contribution >= 0.6 is 0 Å². The van der Waals surface area contributed by atoms with Crippen LogP contribution in [0.5, 0.6) is 11.5 Å². The van der Waals surface area contributed by atoms with E-state index in [1.165, 1.54) is 0 Å². The molecule has 29 heavy (non-hydrogen) atoms. The Kier molecular flexibility index (Phi) is 4.09. The predicted molar refractivity (Wildman–Crippen MR) is 109 cm³/mol. The number of nitrogens with zero attached hydrogens (tertiary/aromatic N) is 5. The average Bonchev–Trinajstić information content (AvgIpc) is 3.42. The van der Waals surface area contributed by atoms with Crippen molar-refractivity contribution >= 4 is 22.8 Å². The van der Waals surface area contributed by atoms with E-state index in [1.807, 2.05) is 47.1 Å². The lowest BCUT2D eigenvalue weighted by atomic mass is 10.1. The number of ether oxygens (including phenoxy) is 2. The molecular weight excluding hydrogens is 368 g/mol. The van der Waals surface area contributed by atoms with E-state index in [0.29, 0.717) is 23.9 Å². The highest BCUT2D eigenvalue weighted by atomic mass is 16.5. The second kappa shape index (κ2) is 6.90. The van der Waals surface area contributed by atoms with Gasteiger partial charge in [-0.3, -0.25) is 0 Å². The molecule has 8 nitrogen and oxygen atoms in total. The van der Waals surface area contributed by atoms with Gasteiger partial charge in [-0.2, -0.15) is 10.2 Å². The van der Waals surface area contributed by atoms with Crippen LogP contribution in [0.25, 0.3) is 16.9 Å². The van der Waals surface area contributed by atoms with Gasteiger partial charge >= 0.3 is 0 Å². The molecule has 0 amide bonds. The summed E-state index contributed by atoms with van der Waals surface area (Å²) in [6, 6.07) is 11.7. The maximum Gasteiger partial charge on any atom is 0.180 e. The highest BCUT2D eigenvalue weighted by Gasteiger charge is 2.14. The van der Waals surface area contributed by atoms with Gasteiger partial charge in [0.05, 0.1) is 32.1 Å². The van der Waals surface area contributed by atoms with Crippen LogP contribution < -0.4 is 14.8 Å². The first-order valence-electron chi connectivity index (χ1n) is 9.09. The van der Waals surface area contributed by atoms with Gasteiger partial charge in [-0.15, -0.1) is 0 Å². The van der Waals surface area contributed by atoms with Crippen molar-refractivity contribution in [2.75, 3.05) is 19.5 Å². The summed E-state index contributed by atoms with van der Waals surface area (Å²) in [5.41, 5.74) is 5.40. The molecule has 2 aromatic carbocycles. The summed E-state index contributed by atoms with van der Waals surface area (Å²) in [6.07, 6.45) is 5.62. The number of hydrogen-bond donors (Lipinski definition) is 1. The molecule has 3 heterocycles. The number of rotatable bonds is 5. The molecule has 0 bridgehead atoms. The van der Waals surface area contributed by atoms with Gasteiger partial charge in [0, 0.05) is 41.5 Å². The largest absolute Gasteiger partial charge is 0.493 e. The van der Waals surface area contributed by atoms with E-state index in [0.717, 1.165) is 33.8 Å². The molecule has 1 aliphatic rings. The average molecular weight is 386 g/mol. The summed E-state index contributed by atoms with van der Waals surface area (Å²) in [5, 5.41) is 11.6. The summed E-state index contributed by atoms with van der Waals surface area (Å²) in [7, 11) is 3.22. The monoisotopic (exact) mass is 386 g/mol. The van der Waals surface area contributed by atoms with Crippen LogP contribution in [0.4, 0.5) is 17.2 Å². The second-order valence-electron chi connectivity index (χ2n) is 6.57. The van der Waals surface area contributed by atoms with Crippen molar-refractivity contribution in [1.29, 1.82) is 0 Å². The summed E-state index contributed by atoms with van der Waals surface area (Å²) < 4.78 is 12.7. The zero-order valence-electron chi connectivity index (χ0n) is 16.0. The van der Waals surface area contributed by atoms with Gasteiger partial charge in [-0.25, -0.2) is 9.97 Å². The lowest BCUT2D eigenvalue weighted by Gasteiger charge is -2.13. The van der Waals surface area contributed by atoms with E-state index in [9.17, 15) is 0 Å². The molecule has 0 aliphatic carbocycles. The fraction of sp³-hybridized carbons (Fsp3) is 0.143. The molecule has 1 aliphatic heterocycles. The first-order valence-corrected chi connectivity index (χ1v) is 9.09. The topological polar surface area (TPSA) is 85.4 Å². The molecular formula is C21H18N6O2. The third-order valence-electron chi connectivity index (χ3n) is 4.82. The molecule has 4 aromatic rings. The molecule has 1 N–H and O–H groups in total. The number of imidazole rings is 1. The summed E-state index contributed by atoms with van der Waals surface area (Å²) in [5.74, 6) is 1.95. The molecule has 0 radical (unpaired) electrons. The Bertz CT molecular complexity index is 1250. The summed E-state index contributed by atoms with van der Waals surface area (Å²) >= 11 is 0. The number of nitrogens with one attached hydrogen (secondary N) is 1. The van der Waals surface area contributed by atoms with Crippen LogP contribution in [0.3, 0.4) is 0 Å². The van der Waals surface area contributed by atoms with E-state index >= 15 is 0 Å². The predicted octanol–water partition coefficient (Wildman–Crippen LogP) is 4.75. The van der Waals surface area contributed by atoms with E-state index in [4.69, 9.17) is 14.5 Å². The van der Waals surface area contributed by atoms with Gasteiger partial charge in [0.25, 0.3) is 0 Å². The van der Waals surface area contributed by atoms with Crippen molar-refractivity contribution in [1.82, 2.24) is 14.4 Å². The molecule has 0 atom stereocenters. The van der Waals surface area contributed by atoms with Crippen molar-refractivity contribution in [3.05, 3.63) is 60.6 Å². The standard InChI is InChI=1S/C21H18N6O2/c1-28-18-6-4-15(10-19(18)29-2)24-20-21-22-7-8-27(21)12-17(25-20)13-3-5-16-14(9-13)11-23-26-16/h3-10,12H,11H2,1-2H3,(H,24,25). The summed E-state index contributed by atoms with van der Waals surface area (Å²) in [4.78, 5) is 9.27. The third kappa shape index (κ3) is 3.04. The molecule has 0 fully saturated rings. The Morgan fingerprint density at radius 1 is 1.03 bits per heavy atom. The molecule has 5 rings (SSSR count). The zero-order chi connectivity index (χ0) is 19.8. The zero-order valence-corrected chi connectivity index (χ0v) is 16.0. The van der Waals surface area contributed by atoms with E-state index in [1.54, 1.807) is 20.4 Å². The lowest BCUT2D eigenvalue weighted by Crippen LogP contribution is -2.01. The third-order valence-corrected chi connectivity index (χ3v) is 4.82. The number of benzene rings is 2. The lowest BCUT2D eigenvalue weighted by molar-refractivity contribution is 0.355. The van der Waals surface area contributed by atoms with Crippen molar-refractivity contribution in [2.24, 2.45) is 10.2 Å². The molecule has 144 valence electrons. The number of fused-ring (bicyclic) bond motifs is 2. The van der Waals surface area contributed by atoms with Crippen LogP contribution in [0, 0.1) is 0 Å². The van der Waals surface area contributed by atoms with Gasteiger partial charge < -0.3 is 19.2 Å². The first kappa shape index (κ1) is 17.2. The SMILES string of the molecule is COc1ccc(Nc2nc(-c3ccc4c(c3)CN=N4)cn3ccnc23)cc1OC.